The first kappa shape index (κ1) is 11.3. The van der Waals surface area contributed by atoms with Crippen molar-refractivity contribution in [2.75, 3.05) is 5.32 Å². The van der Waals surface area contributed by atoms with Gasteiger partial charge in [-0.1, -0.05) is 0 Å². The molecule has 0 atom stereocenters. The van der Waals surface area contributed by atoms with Gasteiger partial charge in [0.15, 0.2) is 0 Å². The lowest BCUT2D eigenvalue weighted by molar-refractivity contribution is 0.251. The summed E-state index contributed by atoms with van der Waals surface area (Å²) in [7, 11) is 0. The molecule has 90 valence electrons. The van der Waals surface area contributed by atoms with Gasteiger partial charge in [-0.2, -0.15) is 5.10 Å². The zero-order valence-corrected chi connectivity index (χ0v) is 9.51. The van der Waals surface area contributed by atoms with Gasteiger partial charge in [0, 0.05) is 12.7 Å². The normalized spacial score (nSPS) is 10.2. The van der Waals surface area contributed by atoms with Crippen LogP contribution in [0.4, 0.5) is 10.5 Å². The van der Waals surface area contributed by atoms with Crippen LogP contribution < -0.4 is 10.6 Å². The molecule has 0 aliphatic carbocycles. The van der Waals surface area contributed by atoms with Crippen LogP contribution in [0.1, 0.15) is 12.7 Å². The number of furan rings is 1. The average Bonchev–Trinajstić information content (AvgIpc) is 2.97. The Bertz CT molecular complexity index is 475. The summed E-state index contributed by atoms with van der Waals surface area (Å²) in [5.74, 6) is 0.712. The number of carbonyl (C=O) groups is 1. The molecule has 0 radical (unpaired) electrons. The number of rotatable bonds is 4. The molecule has 0 fully saturated rings. The number of urea groups is 1. The number of nitrogens with zero attached hydrogens (tertiary/aromatic N) is 2. The van der Waals surface area contributed by atoms with Gasteiger partial charge in [-0.15, -0.1) is 0 Å². The largest absolute Gasteiger partial charge is 0.467 e. The first-order chi connectivity index (χ1) is 8.28. The molecule has 2 aromatic rings. The van der Waals surface area contributed by atoms with Gasteiger partial charge >= 0.3 is 6.03 Å². The summed E-state index contributed by atoms with van der Waals surface area (Å²) < 4.78 is 6.83. The Morgan fingerprint density at radius 1 is 1.59 bits per heavy atom. The molecule has 17 heavy (non-hydrogen) atoms. The maximum atomic E-state index is 11.5. The van der Waals surface area contributed by atoms with Crippen LogP contribution in [-0.2, 0) is 13.1 Å². The van der Waals surface area contributed by atoms with E-state index in [0.29, 0.717) is 18.0 Å². The van der Waals surface area contributed by atoms with Crippen LogP contribution in [0.2, 0.25) is 0 Å². The molecule has 0 aliphatic rings. The van der Waals surface area contributed by atoms with Crippen LogP contribution in [0.25, 0.3) is 0 Å². The van der Waals surface area contributed by atoms with E-state index in [1.807, 2.05) is 6.92 Å². The average molecular weight is 234 g/mol. The number of aryl methyl sites for hydroxylation is 1. The van der Waals surface area contributed by atoms with Gasteiger partial charge in [-0.05, 0) is 19.1 Å². The van der Waals surface area contributed by atoms with Gasteiger partial charge in [0.2, 0.25) is 0 Å². The van der Waals surface area contributed by atoms with Crippen molar-refractivity contribution in [2.45, 2.75) is 20.0 Å². The highest BCUT2D eigenvalue weighted by molar-refractivity contribution is 5.88. The molecule has 2 heterocycles. The number of aromatic nitrogens is 2. The van der Waals surface area contributed by atoms with E-state index in [4.69, 9.17) is 4.42 Å². The molecule has 6 nitrogen and oxygen atoms in total. The molecule has 0 saturated heterocycles. The second kappa shape index (κ2) is 5.20. The quantitative estimate of drug-likeness (QED) is 0.847. The highest BCUT2D eigenvalue weighted by atomic mass is 16.3. The Morgan fingerprint density at radius 2 is 2.47 bits per heavy atom. The molecule has 0 spiro atoms. The van der Waals surface area contributed by atoms with E-state index in [1.165, 1.54) is 0 Å². The lowest BCUT2D eigenvalue weighted by atomic mass is 10.4. The van der Waals surface area contributed by atoms with E-state index >= 15 is 0 Å². The van der Waals surface area contributed by atoms with Gasteiger partial charge < -0.3 is 15.1 Å². The van der Waals surface area contributed by atoms with E-state index in [2.05, 4.69) is 15.7 Å². The maximum Gasteiger partial charge on any atom is 0.319 e. The highest BCUT2D eigenvalue weighted by Gasteiger charge is 2.04. The van der Waals surface area contributed by atoms with Crippen molar-refractivity contribution in [3.8, 4) is 0 Å². The van der Waals surface area contributed by atoms with Crippen LogP contribution >= 0.6 is 0 Å². The van der Waals surface area contributed by atoms with Gasteiger partial charge in [0.25, 0.3) is 0 Å². The van der Waals surface area contributed by atoms with Crippen molar-refractivity contribution in [2.24, 2.45) is 0 Å². The molecule has 0 aromatic carbocycles. The topological polar surface area (TPSA) is 72.1 Å². The van der Waals surface area contributed by atoms with Gasteiger partial charge in [-0.25, -0.2) is 4.79 Å². The monoisotopic (exact) mass is 234 g/mol. The summed E-state index contributed by atoms with van der Waals surface area (Å²) in [5, 5.41) is 9.42. The van der Waals surface area contributed by atoms with Crippen LogP contribution in [0.5, 0.6) is 0 Å². The van der Waals surface area contributed by atoms with Crippen molar-refractivity contribution < 1.29 is 9.21 Å². The van der Waals surface area contributed by atoms with Crippen LogP contribution in [-0.4, -0.2) is 15.8 Å². The Kier molecular flexibility index (Phi) is 3.44. The van der Waals surface area contributed by atoms with Crippen molar-refractivity contribution in [3.05, 3.63) is 36.5 Å². The molecular weight excluding hydrogens is 220 g/mol. The third-order valence-corrected chi connectivity index (χ3v) is 2.22. The van der Waals surface area contributed by atoms with Crippen molar-refractivity contribution in [1.82, 2.24) is 15.1 Å². The zero-order chi connectivity index (χ0) is 12.1. The van der Waals surface area contributed by atoms with Crippen molar-refractivity contribution in [3.63, 3.8) is 0 Å². The molecule has 0 unspecified atom stereocenters. The van der Waals surface area contributed by atoms with E-state index in [9.17, 15) is 4.79 Å². The molecular formula is C11H14N4O2. The van der Waals surface area contributed by atoms with Gasteiger partial charge in [0.1, 0.15) is 5.76 Å². The minimum absolute atomic E-state index is 0.281. The predicted octanol–water partition coefficient (Wildman–Crippen LogP) is 1.82. The van der Waals surface area contributed by atoms with E-state index in [-0.39, 0.29) is 6.03 Å². The van der Waals surface area contributed by atoms with Gasteiger partial charge in [0.05, 0.1) is 24.7 Å². The number of carbonyl (C=O) groups excluding carboxylic acids is 1. The number of amides is 2. The van der Waals surface area contributed by atoms with Crippen LogP contribution in [0.3, 0.4) is 0 Å². The smallest absolute Gasteiger partial charge is 0.319 e. The molecule has 2 rings (SSSR count). The van der Waals surface area contributed by atoms with Crippen molar-refractivity contribution in [1.29, 1.82) is 0 Å². The predicted molar refractivity (Wildman–Crippen MR) is 62.5 cm³/mol. The zero-order valence-electron chi connectivity index (χ0n) is 9.51. The minimum atomic E-state index is -0.281. The van der Waals surface area contributed by atoms with Crippen LogP contribution in [0, 0.1) is 0 Å². The molecule has 2 amide bonds. The Hall–Kier alpha value is -2.24. The highest BCUT2D eigenvalue weighted by Crippen LogP contribution is 2.04. The Labute approximate surface area is 98.6 Å². The summed E-state index contributed by atoms with van der Waals surface area (Å²) in [6.07, 6.45) is 4.95. The summed E-state index contributed by atoms with van der Waals surface area (Å²) in [5.41, 5.74) is 0.670. The lowest BCUT2D eigenvalue weighted by Gasteiger charge is -2.03. The lowest BCUT2D eigenvalue weighted by Crippen LogP contribution is -2.27. The second-order valence-electron chi connectivity index (χ2n) is 3.47. The van der Waals surface area contributed by atoms with Crippen molar-refractivity contribution >= 4 is 11.7 Å². The fourth-order valence-corrected chi connectivity index (χ4v) is 1.36. The number of hydrogen-bond acceptors (Lipinski definition) is 3. The summed E-state index contributed by atoms with van der Waals surface area (Å²) in [6, 6.07) is 3.30. The molecule has 2 N–H and O–H groups in total. The van der Waals surface area contributed by atoms with E-state index in [1.54, 1.807) is 35.5 Å². The Balaban J connectivity index is 1.81. The third kappa shape index (κ3) is 3.10. The Morgan fingerprint density at radius 3 is 3.12 bits per heavy atom. The summed E-state index contributed by atoms with van der Waals surface area (Å²) in [4.78, 5) is 11.5. The summed E-state index contributed by atoms with van der Waals surface area (Å²) >= 11 is 0. The number of hydrogen-bond donors (Lipinski definition) is 2. The first-order valence-corrected chi connectivity index (χ1v) is 5.37. The fourth-order valence-electron chi connectivity index (χ4n) is 1.36. The van der Waals surface area contributed by atoms with Gasteiger partial charge in [-0.3, -0.25) is 4.68 Å². The summed E-state index contributed by atoms with van der Waals surface area (Å²) in [6.45, 7) is 3.12. The molecule has 0 aliphatic heterocycles. The number of anilines is 1. The van der Waals surface area contributed by atoms with Crippen LogP contribution in [0.15, 0.2) is 35.2 Å². The molecule has 2 aromatic heterocycles. The second-order valence-corrected chi connectivity index (χ2v) is 3.47. The third-order valence-electron chi connectivity index (χ3n) is 2.22. The maximum absolute atomic E-state index is 11.5. The molecule has 0 saturated carbocycles. The molecule has 0 bridgehead atoms. The first-order valence-electron chi connectivity index (χ1n) is 5.37. The standard InChI is InChI=1S/C11H14N4O2/c1-2-15-8-9(6-13-15)14-11(16)12-7-10-4-3-5-17-10/h3-6,8H,2,7H2,1H3,(H2,12,14,16). The SMILES string of the molecule is CCn1cc(NC(=O)NCc2ccco2)cn1. The fraction of sp³-hybridized carbons (Fsp3) is 0.273. The minimum Gasteiger partial charge on any atom is -0.467 e. The van der Waals surface area contributed by atoms with E-state index < -0.39 is 0 Å². The molecule has 6 heteroatoms. The van der Waals surface area contributed by atoms with E-state index in [0.717, 1.165) is 6.54 Å². The number of nitrogens with one attached hydrogen (secondary N) is 2.